The summed E-state index contributed by atoms with van der Waals surface area (Å²) in [6.45, 7) is 3.35. The minimum Gasteiger partial charge on any atom is -0.428 e. The number of benzene rings is 1. The summed E-state index contributed by atoms with van der Waals surface area (Å²) in [6, 6.07) is 8.87. The molecule has 21 heavy (non-hydrogen) atoms. The zero-order valence-corrected chi connectivity index (χ0v) is 11.4. The highest BCUT2D eigenvalue weighted by Gasteiger charge is 2.19. The molecule has 6 nitrogen and oxygen atoms in total. The fraction of sp³-hybridized carbons (Fsp3) is 0.133. The van der Waals surface area contributed by atoms with Gasteiger partial charge >= 0.3 is 12.0 Å². The minimum atomic E-state index is -0.907. The summed E-state index contributed by atoms with van der Waals surface area (Å²) in [5, 5.41) is 0. The van der Waals surface area contributed by atoms with Gasteiger partial charge in [-0.3, -0.25) is 0 Å². The average molecular weight is 286 g/mol. The number of hydrogen-bond donors (Lipinski definition) is 0. The van der Waals surface area contributed by atoms with E-state index in [9.17, 15) is 4.79 Å². The molecule has 1 atom stereocenters. The Balaban J connectivity index is 2.26. The third-order valence-corrected chi connectivity index (χ3v) is 2.52. The van der Waals surface area contributed by atoms with Crippen molar-refractivity contribution in [2.24, 2.45) is 0 Å². The average Bonchev–Trinajstić information content (AvgIpc) is 2.54. The molecule has 2 rings (SSSR count). The van der Waals surface area contributed by atoms with E-state index in [1.54, 1.807) is 42.7 Å². The lowest BCUT2D eigenvalue weighted by Gasteiger charge is -2.18. The van der Waals surface area contributed by atoms with Crippen molar-refractivity contribution >= 4 is 5.97 Å². The van der Waals surface area contributed by atoms with E-state index in [4.69, 9.17) is 14.2 Å². The van der Waals surface area contributed by atoms with Crippen LogP contribution in [0.4, 0.5) is 0 Å². The second-order valence-corrected chi connectivity index (χ2v) is 3.88. The molecule has 0 aliphatic rings. The highest BCUT2D eigenvalue weighted by molar-refractivity contribution is 5.81. The lowest BCUT2D eigenvalue weighted by Crippen LogP contribution is -2.12. The molecule has 1 aromatic heterocycles. The molecule has 0 spiro atoms. The Morgan fingerprint density at radius 2 is 1.95 bits per heavy atom. The van der Waals surface area contributed by atoms with Crippen LogP contribution in [-0.4, -0.2) is 23.0 Å². The molecule has 108 valence electrons. The third kappa shape index (κ3) is 3.87. The molecule has 1 aromatic carbocycles. The maximum atomic E-state index is 11.3. The second-order valence-electron chi connectivity index (χ2n) is 3.88. The highest BCUT2D eigenvalue weighted by atomic mass is 16.7. The normalized spacial score (nSPS) is 11.5. The van der Waals surface area contributed by atoms with Crippen LogP contribution in [0.5, 0.6) is 11.8 Å². The number of esters is 1. The van der Waals surface area contributed by atoms with Crippen molar-refractivity contribution < 1.29 is 19.0 Å². The molecule has 0 radical (unpaired) electrons. The number of carbonyl (C=O) groups excluding carboxylic acids is 1. The summed E-state index contributed by atoms with van der Waals surface area (Å²) in [4.78, 5) is 19.3. The molecule has 0 saturated heterocycles. The van der Waals surface area contributed by atoms with Crippen molar-refractivity contribution in [2.45, 2.75) is 6.29 Å². The first kappa shape index (κ1) is 14.7. The van der Waals surface area contributed by atoms with E-state index in [1.807, 2.05) is 0 Å². The van der Waals surface area contributed by atoms with Crippen molar-refractivity contribution in [3.63, 3.8) is 0 Å². The number of aromatic nitrogens is 2. The number of para-hydroxylation sites is 1. The van der Waals surface area contributed by atoms with Gasteiger partial charge in [-0.1, -0.05) is 18.7 Å². The Hall–Kier alpha value is -2.73. The molecule has 1 heterocycles. The van der Waals surface area contributed by atoms with E-state index in [0.717, 1.165) is 6.08 Å². The van der Waals surface area contributed by atoms with Crippen molar-refractivity contribution in [2.75, 3.05) is 7.11 Å². The predicted octanol–water partition coefficient (Wildman–Crippen LogP) is 2.64. The van der Waals surface area contributed by atoms with Gasteiger partial charge in [0.1, 0.15) is 5.75 Å². The molecular formula is C15H14N2O4. The van der Waals surface area contributed by atoms with E-state index < -0.39 is 12.3 Å². The summed E-state index contributed by atoms with van der Waals surface area (Å²) in [7, 11) is 1.43. The zero-order chi connectivity index (χ0) is 15.1. The van der Waals surface area contributed by atoms with E-state index in [1.165, 1.54) is 7.11 Å². The Bertz CT molecular complexity index is 616. The lowest BCUT2D eigenvalue weighted by atomic mass is 10.2. The van der Waals surface area contributed by atoms with E-state index in [2.05, 4.69) is 16.5 Å². The highest BCUT2D eigenvalue weighted by Crippen LogP contribution is 2.30. The van der Waals surface area contributed by atoms with Gasteiger partial charge in [-0.15, -0.1) is 0 Å². The molecule has 0 N–H and O–H groups in total. The first-order chi connectivity index (χ1) is 10.2. The summed E-state index contributed by atoms with van der Waals surface area (Å²) in [5.41, 5.74) is 0.544. The van der Waals surface area contributed by atoms with Crippen molar-refractivity contribution in [1.29, 1.82) is 0 Å². The summed E-state index contributed by atoms with van der Waals surface area (Å²) in [5.74, 6) is -0.153. The van der Waals surface area contributed by atoms with Gasteiger partial charge in [0, 0.05) is 25.6 Å². The van der Waals surface area contributed by atoms with Crippen LogP contribution in [0.2, 0.25) is 0 Å². The van der Waals surface area contributed by atoms with Crippen LogP contribution in [0.25, 0.3) is 0 Å². The van der Waals surface area contributed by atoms with Gasteiger partial charge in [0.05, 0.1) is 5.56 Å². The minimum absolute atomic E-state index is 0.190. The lowest BCUT2D eigenvalue weighted by molar-refractivity contribution is -0.169. The van der Waals surface area contributed by atoms with Crippen LogP contribution < -0.4 is 4.74 Å². The summed E-state index contributed by atoms with van der Waals surface area (Å²) >= 11 is 0. The molecule has 0 fully saturated rings. The quantitative estimate of drug-likeness (QED) is 0.462. The largest absolute Gasteiger partial charge is 0.428 e. The first-order valence-electron chi connectivity index (χ1n) is 6.14. The van der Waals surface area contributed by atoms with Gasteiger partial charge in [-0.2, -0.15) is 0 Å². The van der Waals surface area contributed by atoms with Gasteiger partial charge in [-0.25, -0.2) is 14.8 Å². The molecule has 2 aromatic rings. The van der Waals surface area contributed by atoms with Gasteiger partial charge < -0.3 is 14.2 Å². The van der Waals surface area contributed by atoms with E-state index in [0.29, 0.717) is 11.3 Å². The zero-order valence-electron chi connectivity index (χ0n) is 11.4. The van der Waals surface area contributed by atoms with Gasteiger partial charge in [0.15, 0.2) is 0 Å². The van der Waals surface area contributed by atoms with E-state index in [-0.39, 0.29) is 6.01 Å². The van der Waals surface area contributed by atoms with Gasteiger partial charge in [0.25, 0.3) is 0 Å². The number of hydrogen-bond acceptors (Lipinski definition) is 6. The van der Waals surface area contributed by atoms with Crippen molar-refractivity contribution in [1.82, 2.24) is 9.97 Å². The molecule has 0 aliphatic carbocycles. The number of carbonyl (C=O) groups is 1. The fourth-order valence-corrected chi connectivity index (χ4v) is 1.60. The smallest absolute Gasteiger partial charge is 0.332 e. The number of nitrogens with zero attached hydrogens (tertiary/aromatic N) is 2. The number of rotatable bonds is 6. The summed E-state index contributed by atoms with van der Waals surface area (Å²) in [6.07, 6.45) is 3.29. The number of methoxy groups -OCH3 is 1. The Morgan fingerprint density at radius 3 is 2.62 bits per heavy atom. The third-order valence-electron chi connectivity index (χ3n) is 2.52. The first-order valence-corrected chi connectivity index (χ1v) is 6.14. The Kier molecular flexibility index (Phi) is 5.00. The SMILES string of the molecule is C=CC(=O)OC(OC)c1ccccc1Oc1ncccn1. The molecule has 6 heteroatoms. The van der Waals surface area contributed by atoms with Gasteiger partial charge in [0.2, 0.25) is 6.29 Å². The maximum Gasteiger partial charge on any atom is 0.332 e. The van der Waals surface area contributed by atoms with Crippen LogP contribution in [0.1, 0.15) is 11.9 Å². The standard InChI is InChI=1S/C15H14N2O4/c1-3-13(18)21-14(19-2)11-7-4-5-8-12(11)20-15-16-9-6-10-17-15/h3-10,14H,1H2,2H3. The molecular weight excluding hydrogens is 272 g/mol. The van der Waals surface area contributed by atoms with Crippen LogP contribution in [0, 0.1) is 0 Å². The van der Waals surface area contributed by atoms with Crippen LogP contribution in [0.3, 0.4) is 0 Å². The monoisotopic (exact) mass is 286 g/mol. The Labute approximate surface area is 122 Å². The van der Waals surface area contributed by atoms with Crippen LogP contribution in [-0.2, 0) is 14.3 Å². The second kappa shape index (κ2) is 7.16. The molecule has 0 bridgehead atoms. The Morgan fingerprint density at radius 1 is 1.24 bits per heavy atom. The molecule has 1 unspecified atom stereocenters. The number of ether oxygens (including phenoxy) is 3. The predicted molar refractivity (Wildman–Crippen MR) is 74.6 cm³/mol. The maximum absolute atomic E-state index is 11.3. The molecule has 0 aliphatic heterocycles. The van der Waals surface area contributed by atoms with Gasteiger partial charge in [-0.05, 0) is 18.2 Å². The topological polar surface area (TPSA) is 70.5 Å². The molecule has 0 saturated carbocycles. The fourth-order valence-electron chi connectivity index (χ4n) is 1.60. The van der Waals surface area contributed by atoms with E-state index >= 15 is 0 Å². The van der Waals surface area contributed by atoms with Crippen LogP contribution >= 0.6 is 0 Å². The van der Waals surface area contributed by atoms with Crippen LogP contribution in [0.15, 0.2) is 55.4 Å². The summed E-state index contributed by atoms with van der Waals surface area (Å²) < 4.78 is 15.9. The van der Waals surface area contributed by atoms with Crippen molar-refractivity contribution in [3.8, 4) is 11.8 Å². The van der Waals surface area contributed by atoms with Crippen molar-refractivity contribution in [3.05, 3.63) is 60.9 Å². The molecule has 0 amide bonds.